The van der Waals surface area contributed by atoms with E-state index in [1.54, 1.807) is 98.4 Å². The smallest absolute Gasteiger partial charge is 0.264 e. The summed E-state index contributed by atoms with van der Waals surface area (Å²) >= 11 is 0. The Hall–Kier alpha value is -5.54. The van der Waals surface area contributed by atoms with E-state index in [1.807, 2.05) is 24.3 Å². The molecule has 28 heteroatoms. The largest absolute Gasteiger partial charge is 0.508 e. The molecule has 496 valence electrons. The average molecular weight is 1340 g/mol. The Morgan fingerprint density at radius 3 is 1.44 bits per heavy atom. The molecular formula is C63H84N8O16S4. The molecule has 91 heavy (non-hydrogen) atoms. The molecule has 24 nitrogen and oxygen atoms in total. The zero-order chi connectivity index (χ0) is 64.1. The third-order valence-corrected chi connectivity index (χ3v) is 26.4. The molecule has 0 bridgehead atoms. The Balaban J connectivity index is 0.000000125. The van der Waals surface area contributed by atoms with Crippen molar-refractivity contribution < 1.29 is 71.9 Å². The fourth-order valence-electron chi connectivity index (χ4n) is 14.2. The number of phenolic OH excluding ortho intramolecular Hbond substituents is 1. The van der Waals surface area contributed by atoms with Gasteiger partial charge in [-0.05, 0) is 155 Å². The molecule has 5 N–H and O–H groups in total. The maximum atomic E-state index is 13.3. The molecule has 0 aromatic heterocycles. The first-order chi connectivity index (χ1) is 43.8. The van der Waals surface area contributed by atoms with Crippen LogP contribution in [0, 0.1) is 5.92 Å². The van der Waals surface area contributed by atoms with Crippen LogP contribution in [0.25, 0.3) is 0 Å². The molecule has 0 amide bonds. The van der Waals surface area contributed by atoms with E-state index in [0.29, 0.717) is 113 Å². The van der Waals surface area contributed by atoms with E-state index < -0.39 is 57.3 Å². The monoisotopic (exact) mass is 1340 g/mol. The third kappa shape index (κ3) is 13.5. The van der Waals surface area contributed by atoms with E-state index in [1.165, 1.54) is 37.2 Å². The van der Waals surface area contributed by atoms with Gasteiger partial charge in [0, 0.05) is 82.7 Å². The summed E-state index contributed by atoms with van der Waals surface area (Å²) in [5, 5.41) is 22.7. The van der Waals surface area contributed by atoms with Crippen LogP contribution in [0.1, 0.15) is 69.8 Å². The molecule has 8 aliphatic heterocycles. The maximum absolute atomic E-state index is 13.3. The number of rotatable bonds is 11. The molecule has 1 saturated carbocycles. The summed E-state index contributed by atoms with van der Waals surface area (Å²) in [4.78, 5) is 1.05. The van der Waals surface area contributed by atoms with Crippen molar-refractivity contribution in [1.29, 1.82) is 0 Å². The normalized spacial score (nSPS) is 27.8. The quantitative estimate of drug-likeness (QED) is 0.112. The van der Waals surface area contributed by atoms with Crippen molar-refractivity contribution in [2.75, 3.05) is 118 Å². The minimum absolute atomic E-state index is 0.0141. The van der Waals surface area contributed by atoms with E-state index in [2.05, 4.69) is 21.3 Å². The SMILES string of the molecule is COc1ccc(S(=O)(=O)N2CCC3(NCCO3)C3CCCCC32)cc1.COc1ccc(S(=O)(=O)N2CCC3(NCCO3)c3ccccc32)cc1.COc1ccc(S(=O)(=O)N2CCOC23CCCNC3)cc1.O=S(=O)(c1ccc(O)cc1)N1CCOC12CCCNC2. The van der Waals surface area contributed by atoms with E-state index in [9.17, 15) is 38.8 Å². The molecule has 1 aliphatic carbocycles. The fraction of sp³-hybridized carbons (Fsp3) is 0.524. The summed E-state index contributed by atoms with van der Waals surface area (Å²) in [7, 11) is -9.64. The fourth-order valence-corrected chi connectivity index (χ4v) is 20.7. The zero-order valence-corrected chi connectivity index (χ0v) is 54.9. The molecular weight excluding hydrogens is 1250 g/mol. The lowest BCUT2D eigenvalue weighted by Crippen LogP contribution is -2.64. The van der Waals surface area contributed by atoms with Gasteiger partial charge in [-0.2, -0.15) is 12.9 Å². The van der Waals surface area contributed by atoms with E-state index >= 15 is 0 Å². The summed E-state index contributed by atoms with van der Waals surface area (Å²) in [5.41, 5.74) is -0.847. The van der Waals surface area contributed by atoms with Gasteiger partial charge in [-0.1, -0.05) is 31.0 Å². The highest BCUT2D eigenvalue weighted by Gasteiger charge is 2.55. The number of hydrogen-bond donors (Lipinski definition) is 5. The number of aromatic hydroxyl groups is 1. The van der Waals surface area contributed by atoms with Gasteiger partial charge < -0.3 is 48.9 Å². The van der Waals surface area contributed by atoms with Crippen LogP contribution >= 0.6 is 0 Å². The van der Waals surface area contributed by atoms with Crippen LogP contribution in [0.4, 0.5) is 5.69 Å². The standard InChI is InChI=1S/C18H26N2O4S.C18H20N2O4S.C14H20N2O4S.C13H18N2O4S/c2*1-23-14-6-8-15(9-7-14)25(21,22)20-12-10-18(19-11-13-24-18)16-4-2-3-5-17(16)20;1-19-12-3-5-13(6-4-12)21(17,18)16-9-10-20-14(16)7-2-8-15-11-14;16-11-2-4-12(5-3-11)20(17,18)15-8-9-19-13(15)6-1-7-14-10-13/h6-9,16-17,19H,2-5,10-13H2,1H3;2-9,19H,10-13H2,1H3;3-6,15H,2,7-11H2,1H3;2-5,14,16H,1,6-10H2. The number of piperidine rings is 3. The number of nitrogens with one attached hydrogen (secondary N) is 4. The molecule has 6 atom stereocenters. The lowest BCUT2D eigenvalue weighted by molar-refractivity contribution is -0.120. The molecule has 5 aromatic carbocycles. The van der Waals surface area contributed by atoms with Crippen LogP contribution in [0.15, 0.2) is 141 Å². The number of methoxy groups -OCH3 is 3. The Labute approximate surface area is 535 Å². The summed E-state index contributed by atoms with van der Waals surface area (Å²) in [5.74, 6) is 2.21. The predicted octanol–water partition coefficient (Wildman–Crippen LogP) is 5.32. The summed E-state index contributed by atoms with van der Waals surface area (Å²) in [6.07, 6.45) is 8.67. The second kappa shape index (κ2) is 27.8. The van der Waals surface area contributed by atoms with Crippen LogP contribution in [0.5, 0.6) is 23.0 Å². The number of fused-ring (bicyclic) bond motifs is 4. The number of sulfonamides is 4. The highest BCUT2D eigenvalue weighted by Crippen LogP contribution is 2.47. The highest BCUT2D eigenvalue weighted by atomic mass is 32.2. The molecule has 7 saturated heterocycles. The highest BCUT2D eigenvalue weighted by molar-refractivity contribution is 7.93. The summed E-state index contributed by atoms with van der Waals surface area (Å²) < 4.78 is 149. The van der Waals surface area contributed by atoms with Crippen molar-refractivity contribution >= 4 is 45.8 Å². The van der Waals surface area contributed by atoms with Crippen molar-refractivity contribution in [3.8, 4) is 23.0 Å². The van der Waals surface area contributed by atoms with Gasteiger partial charge in [-0.15, -0.1) is 0 Å². The van der Waals surface area contributed by atoms with Crippen molar-refractivity contribution in [2.24, 2.45) is 5.92 Å². The van der Waals surface area contributed by atoms with Gasteiger partial charge in [0.2, 0.25) is 30.1 Å². The molecule has 9 aliphatic rings. The Bertz CT molecular complexity index is 3740. The molecule has 4 spiro atoms. The van der Waals surface area contributed by atoms with Crippen molar-refractivity contribution in [2.45, 2.75) is 113 Å². The number of anilines is 1. The Morgan fingerprint density at radius 1 is 0.473 bits per heavy atom. The number of hydrogen-bond acceptors (Lipinski definition) is 20. The third-order valence-electron chi connectivity index (χ3n) is 18.7. The molecule has 5 aromatic rings. The lowest BCUT2D eigenvalue weighted by Gasteiger charge is -2.51. The van der Waals surface area contributed by atoms with Crippen LogP contribution in [-0.4, -0.2) is 188 Å². The topological polar surface area (TPSA) is 282 Å². The van der Waals surface area contributed by atoms with Gasteiger partial charge in [-0.3, -0.25) is 14.9 Å². The Morgan fingerprint density at radius 2 is 0.956 bits per heavy atom. The maximum Gasteiger partial charge on any atom is 0.264 e. The molecule has 6 unspecified atom stereocenters. The Kier molecular flexibility index (Phi) is 20.4. The van der Waals surface area contributed by atoms with E-state index in [-0.39, 0.29) is 38.1 Å². The van der Waals surface area contributed by atoms with Gasteiger partial charge >= 0.3 is 0 Å². The van der Waals surface area contributed by atoms with Crippen LogP contribution in [-0.2, 0) is 64.8 Å². The minimum Gasteiger partial charge on any atom is -0.508 e. The van der Waals surface area contributed by atoms with Crippen LogP contribution in [0.2, 0.25) is 0 Å². The van der Waals surface area contributed by atoms with E-state index in [0.717, 1.165) is 76.7 Å². The number of para-hydroxylation sites is 1. The lowest BCUT2D eigenvalue weighted by atomic mass is 9.74. The number of phenols is 1. The van der Waals surface area contributed by atoms with Crippen LogP contribution < -0.4 is 39.8 Å². The van der Waals surface area contributed by atoms with Crippen molar-refractivity contribution in [3.05, 3.63) is 127 Å². The second-order valence-electron chi connectivity index (χ2n) is 23.8. The minimum atomic E-state index is -3.65. The van der Waals surface area contributed by atoms with E-state index in [4.69, 9.17) is 33.2 Å². The molecule has 14 rings (SSSR count). The first-order valence-corrected chi connectivity index (χ1v) is 36.9. The number of benzene rings is 5. The first kappa shape index (κ1) is 66.9. The predicted molar refractivity (Wildman–Crippen MR) is 339 cm³/mol. The zero-order valence-electron chi connectivity index (χ0n) is 51.7. The molecule has 8 heterocycles. The van der Waals surface area contributed by atoms with Gasteiger partial charge in [-0.25, -0.2) is 33.7 Å². The molecule has 8 fully saturated rings. The van der Waals surface area contributed by atoms with Gasteiger partial charge in [0.25, 0.3) is 10.0 Å². The van der Waals surface area contributed by atoms with Crippen molar-refractivity contribution in [1.82, 2.24) is 34.2 Å². The summed E-state index contributed by atoms with van der Waals surface area (Å²) in [6, 6.07) is 32.8. The molecule has 0 radical (unpaired) electrons. The number of ether oxygens (including phenoxy) is 7. The average Bonchev–Trinajstić information content (AvgIpc) is 1.33. The van der Waals surface area contributed by atoms with Gasteiger partial charge in [0.1, 0.15) is 45.9 Å². The van der Waals surface area contributed by atoms with Gasteiger partial charge in [0.05, 0.1) is 73.0 Å². The van der Waals surface area contributed by atoms with Crippen molar-refractivity contribution in [3.63, 3.8) is 0 Å². The second-order valence-corrected chi connectivity index (χ2v) is 31.2. The number of nitrogens with zero attached hydrogens (tertiary/aromatic N) is 4. The van der Waals surface area contributed by atoms with Gasteiger partial charge in [0.15, 0.2) is 0 Å². The first-order valence-electron chi connectivity index (χ1n) is 31.1. The summed E-state index contributed by atoms with van der Waals surface area (Å²) in [6.45, 7) is 8.30. The van der Waals surface area contributed by atoms with Crippen LogP contribution in [0.3, 0.4) is 0 Å².